The van der Waals surface area contributed by atoms with E-state index in [0.29, 0.717) is 29.7 Å². The molecule has 140 valence electrons. The molecule has 0 heterocycles. The highest BCUT2D eigenvalue weighted by atomic mass is 16.5. The SMILES string of the molecule is CCC(CNC(=O)Cc1cc(OC)c(OC)c(OC)c1)c1ccccc1. The Bertz CT molecular complexity index is 690. The van der Waals surface area contributed by atoms with E-state index in [1.165, 1.54) is 5.56 Å². The maximum Gasteiger partial charge on any atom is 0.224 e. The predicted octanol–water partition coefficient (Wildman–Crippen LogP) is 3.56. The fourth-order valence-corrected chi connectivity index (χ4v) is 2.95. The van der Waals surface area contributed by atoms with Crippen LogP contribution in [0.15, 0.2) is 42.5 Å². The fourth-order valence-electron chi connectivity index (χ4n) is 2.95. The van der Waals surface area contributed by atoms with E-state index in [2.05, 4.69) is 24.4 Å². The molecule has 5 heteroatoms. The standard InChI is InChI=1S/C21H27NO4/c1-5-16(17-9-7-6-8-10-17)14-22-20(23)13-15-11-18(24-2)21(26-4)19(12-15)25-3/h6-12,16H,5,13-14H2,1-4H3,(H,22,23). The molecule has 0 saturated heterocycles. The second-order valence-corrected chi connectivity index (χ2v) is 6.03. The molecule has 0 spiro atoms. The van der Waals surface area contributed by atoms with Crippen molar-refractivity contribution in [3.8, 4) is 17.2 Å². The van der Waals surface area contributed by atoms with Crippen LogP contribution >= 0.6 is 0 Å². The fraction of sp³-hybridized carbons (Fsp3) is 0.381. The third-order valence-corrected chi connectivity index (χ3v) is 4.40. The minimum Gasteiger partial charge on any atom is -0.493 e. The number of nitrogens with one attached hydrogen (secondary N) is 1. The molecular weight excluding hydrogens is 330 g/mol. The van der Waals surface area contributed by atoms with Crippen LogP contribution in [0.2, 0.25) is 0 Å². The summed E-state index contributed by atoms with van der Waals surface area (Å²) in [7, 11) is 4.68. The summed E-state index contributed by atoms with van der Waals surface area (Å²) < 4.78 is 16.0. The summed E-state index contributed by atoms with van der Waals surface area (Å²) in [4.78, 5) is 12.4. The molecule has 0 aliphatic carbocycles. The topological polar surface area (TPSA) is 56.8 Å². The highest BCUT2D eigenvalue weighted by molar-refractivity contribution is 5.79. The van der Waals surface area contributed by atoms with Crippen LogP contribution in [-0.2, 0) is 11.2 Å². The molecular formula is C21H27NO4. The van der Waals surface area contributed by atoms with Crippen molar-refractivity contribution >= 4 is 5.91 Å². The number of amides is 1. The Morgan fingerprint density at radius 2 is 1.62 bits per heavy atom. The molecule has 2 aromatic rings. The largest absolute Gasteiger partial charge is 0.493 e. The van der Waals surface area contributed by atoms with Gasteiger partial charge in [-0.2, -0.15) is 0 Å². The Morgan fingerprint density at radius 1 is 1.00 bits per heavy atom. The zero-order chi connectivity index (χ0) is 18.9. The number of hydrogen-bond donors (Lipinski definition) is 1. The van der Waals surface area contributed by atoms with Crippen molar-refractivity contribution in [1.82, 2.24) is 5.32 Å². The summed E-state index contributed by atoms with van der Waals surface area (Å²) in [5, 5.41) is 3.03. The molecule has 0 radical (unpaired) electrons. The quantitative estimate of drug-likeness (QED) is 0.745. The summed E-state index contributed by atoms with van der Waals surface area (Å²) in [5.74, 6) is 1.89. The second kappa shape index (κ2) is 9.70. The summed E-state index contributed by atoms with van der Waals surface area (Å²) in [6.45, 7) is 2.74. The number of benzene rings is 2. The van der Waals surface area contributed by atoms with E-state index >= 15 is 0 Å². The molecule has 2 aromatic carbocycles. The molecule has 0 aliphatic heterocycles. The minimum absolute atomic E-state index is 0.0337. The average molecular weight is 357 g/mol. The van der Waals surface area contributed by atoms with Crippen molar-refractivity contribution in [2.45, 2.75) is 25.7 Å². The summed E-state index contributed by atoms with van der Waals surface area (Å²) >= 11 is 0. The summed E-state index contributed by atoms with van der Waals surface area (Å²) in [6, 6.07) is 13.8. The van der Waals surface area contributed by atoms with Crippen LogP contribution in [0.25, 0.3) is 0 Å². The van der Waals surface area contributed by atoms with Gasteiger partial charge in [-0.25, -0.2) is 0 Å². The van der Waals surface area contributed by atoms with Gasteiger partial charge in [0.15, 0.2) is 11.5 Å². The smallest absolute Gasteiger partial charge is 0.224 e. The normalized spacial score (nSPS) is 11.5. The number of ether oxygens (including phenoxy) is 3. The van der Waals surface area contributed by atoms with Gasteiger partial charge in [-0.1, -0.05) is 37.3 Å². The summed E-state index contributed by atoms with van der Waals surface area (Å²) in [5.41, 5.74) is 2.05. The van der Waals surface area contributed by atoms with E-state index < -0.39 is 0 Å². The van der Waals surface area contributed by atoms with Crippen molar-refractivity contribution in [3.05, 3.63) is 53.6 Å². The van der Waals surface area contributed by atoms with Gasteiger partial charge in [-0.3, -0.25) is 4.79 Å². The van der Waals surface area contributed by atoms with Crippen LogP contribution in [0.1, 0.15) is 30.4 Å². The number of rotatable bonds is 9. The zero-order valence-corrected chi connectivity index (χ0v) is 15.9. The van der Waals surface area contributed by atoms with Crippen molar-refractivity contribution in [2.75, 3.05) is 27.9 Å². The summed E-state index contributed by atoms with van der Waals surface area (Å²) in [6.07, 6.45) is 1.22. The Labute approximate surface area is 155 Å². The van der Waals surface area contributed by atoms with Gasteiger partial charge in [0.05, 0.1) is 27.8 Å². The number of carbonyl (C=O) groups excluding carboxylic acids is 1. The van der Waals surface area contributed by atoms with Gasteiger partial charge in [-0.15, -0.1) is 0 Å². The Kier molecular flexibility index (Phi) is 7.33. The first-order valence-corrected chi connectivity index (χ1v) is 8.73. The molecule has 0 bridgehead atoms. The number of hydrogen-bond acceptors (Lipinski definition) is 4. The molecule has 0 aromatic heterocycles. The van der Waals surface area contributed by atoms with Gasteiger partial charge in [0.2, 0.25) is 11.7 Å². The lowest BCUT2D eigenvalue weighted by atomic mass is 9.96. The van der Waals surface area contributed by atoms with Crippen molar-refractivity contribution in [1.29, 1.82) is 0 Å². The van der Waals surface area contributed by atoms with Crippen molar-refractivity contribution in [3.63, 3.8) is 0 Å². The van der Waals surface area contributed by atoms with Crippen LogP contribution in [0.3, 0.4) is 0 Å². The molecule has 1 atom stereocenters. The van der Waals surface area contributed by atoms with E-state index in [9.17, 15) is 4.79 Å². The van der Waals surface area contributed by atoms with Crippen LogP contribution in [-0.4, -0.2) is 33.8 Å². The van der Waals surface area contributed by atoms with Gasteiger partial charge in [-0.05, 0) is 29.7 Å². The van der Waals surface area contributed by atoms with Gasteiger partial charge in [0.1, 0.15) is 0 Å². The van der Waals surface area contributed by atoms with Crippen molar-refractivity contribution in [2.24, 2.45) is 0 Å². The molecule has 5 nitrogen and oxygen atoms in total. The lowest BCUT2D eigenvalue weighted by Gasteiger charge is -2.17. The highest BCUT2D eigenvalue weighted by Crippen LogP contribution is 2.38. The van der Waals surface area contributed by atoms with Gasteiger partial charge in [0.25, 0.3) is 0 Å². The van der Waals surface area contributed by atoms with Crippen molar-refractivity contribution < 1.29 is 19.0 Å². The number of carbonyl (C=O) groups is 1. The first-order chi connectivity index (χ1) is 12.6. The Hall–Kier alpha value is -2.69. The van der Waals surface area contributed by atoms with Gasteiger partial charge < -0.3 is 19.5 Å². The van der Waals surface area contributed by atoms with Crippen LogP contribution in [0.5, 0.6) is 17.2 Å². The Balaban J connectivity index is 2.03. The third kappa shape index (κ3) is 4.91. The first-order valence-electron chi connectivity index (χ1n) is 8.73. The van der Waals surface area contributed by atoms with Gasteiger partial charge >= 0.3 is 0 Å². The maximum absolute atomic E-state index is 12.4. The van der Waals surface area contributed by atoms with Crippen LogP contribution in [0.4, 0.5) is 0 Å². The average Bonchev–Trinajstić information content (AvgIpc) is 2.68. The molecule has 1 unspecified atom stereocenters. The zero-order valence-electron chi connectivity index (χ0n) is 15.9. The minimum atomic E-state index is -0.0337. The molecule has 0 fully saturated rings. The monoisotopic (exact) mass is 357 g/mol. The van der Waals surface area contributed by atoms with Crippen LogP contribution < -0.4 is 19.5 Å². The second-order valence-electron chi connectivity index (χ2n) is 6.03. The van der Waals surface area contributed by atoms with E-state index in [-0.39, 0.29) is 12.3 Å². The van der Waals surface area contributed by atoms with E-state index in [4.69, 9.17) is 14.2 Å². The Morgan fingerprint density at radius 3 is 2.12 bits per heavy atom. The lowest BCUT2D eigenvalue weighted by Crippen LogP contribution is -2.29. The molecule has 2 rings (SSSR count). The first kappa shape index (κ1) is 19.6. The molecule has 0 aliphatic rings. The van der Waals surface area contributed by atoms with E-state index in [1.807, 2.05) is 18.2 Å². The maximum atomic E-state index is 12.4. The molecule has 1 N–H and O–H groups in total. The lowest BCUT2D eigenvalue weighted by molar-refractivity contribution is -0.120. The third-order valence-electron chi connectivity index (χ3n) is 4.40. The number of methoxy groups -OCH3 is 3. The van der Waals surface area contributed by atoms with Gasteiger partial charge in [0, 0.05) is 12.5 Å². The van der Waals surface area contributed by atoms with E-state index in [0.717, 1.165) is 12.0 Å². The molecule has 1 amide bonds. The molecule has 0 saturated carbocycles. The molecule has 26 heavy (non-hydrogen) atoms. The predicted molar refractivity (Wildman–Crippen MR) is 102 cm³/mol. The van der Waals surface area contributed by atoms with Crippen LogP contribution in [0, 0.1) is 0 Å². The highest BCUT2D eigenvalue weighted by Gasteiger charge is 2.16. The van der Waals surface area contributed by atoms with E-state index in [1.54, 1.807) is 33.5 Å².